The minimum absolute atomic E-state index is 0. The Hall–Kier alpha value is -4.98. The normalized spacial score (nSPS) is 10.3. The molecule has 8 aromatic heterocycles. The van der Waals surface area contributed by atoms with Crippen LogP contribution in [0.25, 0.3) is 44.7 Å². The largest absolute Gasteiger partial charge is 0.382 e. The van der Waals surface area contributed by atoms with Crippen LogP contribution in [0.4, 0.5) is 23.3 Å². The molecule has 0 aliphatic rings. The molecule has 0 aliphatic carbocycles. The van der Waals surface area contributed by atoms with Gasteiger partial charge in [-0.1, -0.05) is 0 Å². The van der Waals surface area contributed by atoms with Gasteiger partial charge in [-0.3, -0.25) is 0 Å². The molecule has 8 rings (SSSR count). The Balaban J connectivity index is 0.000000136. The van der Waals surface area contributed by atoms with Crippen molar-refractivity contribution in [3.8, 4) is 0 Å². The third-order valence-corrected chi connectivity index (χ3v) is 6.20. The summed E-state index contributed by atoms with van der Waals surface area (Å²) < 4.78 is 2.03. The van der Waals surface area contributed by atoms with Gasteiger partial charge < -0.3 is 62.8 Å². The molecule has 0 unspecified atom stereocenters. The van der Waals surface area contributed by atoms with Crippen molar-refractivity contribution in [2.24, 2.45) is 0 Å². The van der Waals surface area contributed by atoms with Crippen LogP contribution in [0.1, 0.15) is 0 Å². The molecule has 0 aromatic carbocycles. The molecule has 45 heavy (non-hydrogen) atoms. The molecule has 0 fully saturated rings. The Morgan fingerprint density at radius 1 is 0.356 bits per heavy atom. The monoisotopic (exact) mass is 865 g/mol. The third kappa shape index (κ3) is 7.76. The minimum atomic E-state index is 0. The van der Waals surface area contributed by atoms with E-state index in [4.69, 9.17) is 71.8 Å². The second-order valence-corrected chi connectivity index (χ2v) is 9.88. The molecule has 8 heterocycles. The van der Waals surface area contributed by atoms with Gasteiger partial charge in [0.15, 0.2) is 64.9 Å². The molecule has 0 saturated carbocycles. The van der Waals surface area contributed by atoms with Gasteiger partial charge in [0.25, 0.3) is 0 Å². The van der Waals surface area contributed by atoms with Gasteiger partial charge in [0.2, 0.25) is 0 Å². The summed E-state index contributed by atoms with van der Waals surface area (Å²) in [6.45, 7) is 0. The summed E-state index contributed by atoms with van der Waals surface area (Å²) in [5.41, 5.74) is 27.3. The summed E-state index contributed by atoms with van der Waals surface area (Å²) in [7, 11) is 0. The molecule has 8 aromatic rings. The standard InChI is InChI=1S/4C5H5N5S.Au/c4*6-3-2-4(8-1-7-3)10-5(11)9-2;/h4*1H,(H4,6,7,8,9,10,11);. The Morgan fingerprint density at radius 3 is 0.733 bits per heavy atom. The van der Waals surface area contributed by atoms with E-state index >= 15 is 0 Å². The maximum atomic E-state index is 5.52. The van der Waals surface area contributed by atoms with E-state index in [1.807, 2.05) is 0 Å². The first-order valence-electron chi connectivity index (χ1n) is 11.8. The van der Waals surface area contributed by atoms with Crippen molar-refractivity contribution >= 4 is 117 Å². The van der Waals surface area contributed by atoms with E-state index < -0.39 is 0 Å². The number of hydrogen-bond donors (Lipinski definition) is 12. The number of aromatic amines is 8. The zero-order chi connectivity index (χ0) is 31.4. The Kier molecular flexibility index (Phi) is 10.4. The van der Waals surface area contributed by atoms with Crippen LogP contribution in [0.3, 0.4) is 0 Å². The van der Waals surface area contributed by atoms with E-state index in [2.05, 4.69) is 79.7 Å². The van der Waals surface area contributed by atoms with E-state index in [1.54, 1.807) is 0 Å². The van der Waals surface area contributed by atoms with Crippen LogP contribution < -0.4 is 22.9 Å². The van der Waals surface area contributed by atoms with Crippen LogP contribution in [-0.4, -0.2) is 79.7 Å². The van der Waals surface area contributed by atoms with E-state index in [0.29, 0.717) is 87.0 Å². The summed E-state index contributed by atoms with van der Waals surface area (Å²) in [6.07, 6.45) is 5.54. The van der Waals surface area contributed by atoms with Crippen molar-refractivity contribution in [2.75, 3.05) is 22.9 Å². The van der Waals surface area contributed by atoms with Crippen LogP contribution in [-0.2, 0) is 22.4 Å². The van der Waals surface area contributed by atoms with Gasteiger partial charge in [-0.2, -0.15) is 0 Å². The molecule has 1 radical (unpaired) electrons. The van der Waals surface area contributed by atoms with E-state index in [0.717, 1.165) is 0 Å². The van der Waals surface area contributed by atoms with Gasteiger partial charge in [-0.05, 0) is 48.9 Å². The predicted molar refractivity (Wildman–Crippen MR) is 174 cm³/mol. The topological polar surface area (TPSA) is 334 Å². The first kappa shape index (κ1) is 32.9. The number of rotatable bonds is 0. The zero-order valence-electron chi connectivity index (χ0n) is 22.1. The molecule has 20 nitrogen and oxygen atoms in total. The van der Waals surface area contributed by atoms with Crippen molar-refractivity contribution in [1.82, 2.24) is 79.7 Å². The number of hydrogen-bond acceptors (Lipinski definition) is 16. The van der Waals surface area contributed by atoms with E-state index in [1.165, 1.54) is 25.3 Å². The number of fused-ring (bicyclic) bond motifs is 4. The maximum Gasteiger partial charge on any atom is 0.176 e. The Labute approximate surface area is 284 Å². The van der Waals surface area contributed by atoms with Crippen molar-refractivity contribution < 1.29 is 22.4 Å². The number of anilines is 4. The van der Waals surface area contributed by atoms with Gasteiger partial charge in [0.1, 0.15) is 47.4 Å². The van der Waals surface area contributed by atoms with E-state index in [-0.39, 0.29) is 22.4 Å². The molecule has 0 saturated heterocycles. The first-order valence-corrected chi connectivity index (χ1v) is 13.5. The molecule has 0 bridgehead atoms. The molecular formula is C20H20AuN20S4. The maximum absolute atomic E-state index is 5.52. The van der Waals surface area contributed by atoms with Gasteiger partial charge >= 0.3 is 0 Å². The van der Waals surface area contributed by atoms with Gasteiger partial charge in [0.05, 0.1) is 0 Å². The van der Waals surface area contributed by atoms with Crippen LogP contribution >= 0.6 is 48.9 Å². The van der Waals surface area contributed by atoms with Crippen LogP contribution in [0.5, 0.6) is 0 Å². The summed E-state index contributed by atoms with van der Waals surface area (Å²) in [4.78, 5) is 53.5. The van der Waals surface area contributed by atoms with Crippen molar-refractivity contribution in [1.29, 1.82) is 0 Å². The van der Waals surface area contributed by atoms with E-state index in [9.17, 15) is 0 Å². The zero-order valence-corrected chi connectivity index (χ0v) is 27.6. The van der Waals surface area contributed by atoms with Crippen LogP contribution in [0, 0.1) is 19.1 Å². The summed E-state index contributed by atoms with van der Waals surface area (Å²) in [5, 5.41) is 0. The molecule has 16 N–H and O–H groups in total. The number of nitrogens with two attached hydrogens (primary N) is 4. The Bertz CT molecular complexity index is 2120. The quantitative estimate of drug-likeness (QED) is 0.0769. The molecule has 235 valence electrons. The number of H-pyrrole nitrogens is 8. The van der Waals surface area contributed by atoms with Crippen molar-refractivity contribution in [3.05, 3.63) is 44.4 Å². The van der Waals surface area contributed by atoms with Gasteiger partial charge in [0, 0.05) is 22.4 Å². The third-order valence-electron chi connectivity index (χ3n) is 5.39. The molecule has 0 amide bonds. The van der Waals surface area contributed by atoms with Crippen LogP contribution in [0.2, 0.25) is 0 Å². The summed E-state index contributed by atoms with van der Waals surface area (Å²) in [6, 6.07) is 0. The van der Waals surface area contributed by atoms with Crippen LogP contribution in [0.15, 0.2) is 25.3 Å². The summed E-state index contributed by atoms with van der Waals surface area (Å²) >= 11 is 19.4. The van der Waals surface area contributed by atoms with Gasteiger partial charge in [-0.25, -0.2) is 39.9 Å². The molecule has 0 spiro atoms. The fraction of sp³-hybridized carbons (Fsp3) is 0. The second kappa shape index (κ2) is 14.2. The molecular weight excluding hydrogens is 846 g/mol. The average Bonchev–Trinajstić information content (AvgIpc) is 3.75. The first-order chi connectivity index (χ1) is 21.1. The number of imidazole rings is 4. The SMILES string of the molecule is Nc1ncnc2[nH]c(=S)[nH]c12.Nc1ncnc2[nH]c(=S)[nH]c12.Nc1ncnc2[nH]c(=S)[nH]c12.Nc1ncnc2[nH]c(=S)[nH]c12.[Au]. The molecule has 0 aliphatic heterocycles. The number of nitrogen functional groups attached to an aromatic ring is 4. The summed E-state index contributed by atoms with van der Waals surface area (Å²) in [5.74, 6) is 1.62. The minimum Gasteiger partial charge on any atom is -0.382 e. The smallest absolute Gasteiger partial charge is 0.176 e. The van der Waals surface area contributed by atoms with Gasteiger partial charge in [-0.15, -0.1) is 0 Å². The molecule has 0 atom stereocenters. The Morgan fingerprint density at radius 2 is 0.556 bits per heavy atom. The fourth-order valence-electron chi connectivity index (χ4n) is 3.48. The molecule has 25 heteroatoms. The van der Waals surface area contributed by atoms with Crippen molar-refractivity contribution in [3.63, 3.8) is 0 Å². The number of nitrogens with zero attached hydrogens (tertiary/aromatic N) is 8. The van der Waals surface area contributed by atoms with Crippen molar-refractivity contribution in [2.45, 2.75) is 0 Å². The fourth-order valence-corrected chi connectivity index (χ4v) is 4.27. The predicted octanol–water partition coefficient (Wildman–Crippen LogP) is 2.39. The average molecular weight is 866 g/mol. The number of nitrogens with one attached hydrogen (secondary N) is 8. The number of aromatic nitrogens is 16. The second-order valence-electron chi connectivity index (χ2n) is 8.25.